The summed E-state index contributed by atoms with van der Waals surface area (Å²) < 4.78 is 13.1. The van der Waals surface area contributed by atoms with Crippen LogP contribution in [0.5, 0.6) is 0 Å². The lowest BCUT2D eigenvalue weighted by Crippen LogP contribution is -2.43. The van der Waals surface area contributed by atoms with Crippen LogP contribution in [0.3, 0.4) is 0 Å². The van der Waals surface area contributed by atoms with E-state index in [9.17, 15) is 9.18 Å². The maximum absolute atomic E-state index is 13.1. The van der Waals surface area contributed by atoms with E-state index in [0.717, 1.165) is 5.56 Å². The Morgan fingerprint density at radius 3 is 2.34 bits per heavy atom. The van der Waals surface area contributed by atoms with Crippen molar-refractivity contribution in [3.8, 4) is 0 Å². The summed E-state index contributed by atoms with van der Waals surface area (Å²) in [5, 5.41) is 6.40. The van der Waals surface area contributed by atoms with Crippen LogP contribution in [0.4, 0.5) is 4.39 Å². The molecule has 5 nitrogen and oxygen atoms in total. The summed E-state index contributed by atoms with van der Waals surface area (Å²) in [6.45, 7) is 5.81. The van der Waals surface area contributed by atoms with Gasteiger partial charge in [-0.3, -0.25) is 9.79 Å². The SMILES string of the molecule is CCNC(=NCC(C)c1ccccc1)NCC(Cc1ccc(F)cc1)C(N)=O.I. The highest BCUT2D eigenvalue weighted by Gasteiger charge is 2.17. The lowest BCUT2D eigenvalue weighted by atomic mass is 9.98. The first kappa shape index (κ1) is 24.9. The van der Waals surface area contributed by atoms with Gasteiger partial charge < -0.3 is 16.4 Å². The summed E-state index contributed by atoms with van der Waals surface area (Å²) in [5.41, 5.74) is 7.66. The number of carbonyl (C=O) groups is 1. The van der Waals surface area contributed by atoms with Gasteiger partial charge in [0.25, 0.3) is 0 Å². The molecule has 0 bridgehead atoms. The third-order valence-corrected chi connectivity index (χ3v) is 4.55. The van der Waals surface area contributed by atoms with Crippen LogP contribution in [0.2, 0.25) is 0 Å². The van der Waals surface area contributed by atoms with Gasteiger partial charge in [-0.15, -0.1) is 24.0 Å². The number of hydrogen-bond acceptors (Lipinski definition) is 2. The molecule has 2 unspecified atom stereocenters. The Kier molecular flexibility index (Phi) is 11.3. The second-order valence-electron chi connectivity index (χ2n) is 6.84. The van der Waals surface area contributed by atoms with Gasteiger partial charge in [-0.2, -0.15) is 0 Å². The molecule has 2 aromatic carbocycles. The molecule has 1 amide bonds. The molecule has 0 radical (unpaired) electrons. The van der Waals surface area contributed by atoms with Gasteiger partial charge in [0.1, 0.15) is 5.82 Å². The Balaban J connectivity index is 0.00000420. The minimum Gasteiger partial charge on any atom is -0.369 e. The third-order valence-electron chi connectivity index (χ3n) is 4.55. The van der Waals surface area contributed by atoms with Gasteiger partial charge in [0.05, 0.1) is 5.92 Å². The Morgan fingerprint density at radius 2 is 1.76 bits per heavy atom. The van der Waals surface area contributed by atoms with Gasteiger partial charge in [0.2, 0.25) is 5.91 Å². The maximum atomic E-state index is 13.1. The normalized spacial score (nSPS) is 13.1. The Labute approximate surface area is 189 Å². The largest absolute Gasteiger partial charge is 0.369 e. The van der Waals surface area contributed by atoms with E-state index < -0.39 is 11.8 Å². The van der Waals surface area contributed by atoms with Crippen LogP contribution in [-0.2, 0) is 11.2 Å². The smallest absolute Gasteiger partial charge is 0.222 e. The molecular formula is C22H30FIN4O. The molecule has 7 heteroatoms. The molecule has 2 atom stereocenters. The van der Waals surface area contributed by atoms with Crippen molar-refractivity contribution >= 4 is 35.8 Å². The van der Waals surface area contributed by atoms with Crippen molar-refractivity contribution in [2.75, 3.05) is 19.6 Å². The van der Waals surface area contributed by atoms with Crippen molar-refractivity contribution in [3.05, 3.63) is 71.5 Å². The van der Waals surface area contributed by atoms with E-state index in [-0.39, 0.29) is 35.7 Å². The number of nitrogens with zero attached hydrogens (tertiary/aromatic N) is 1. The second-order valence-corrected chi connectivity index (χ2v) is 6.84. The Hall–Kier alpha value is -2.16. The first-order valence-corrected chi connectivity index (χ1v) is 9.60. The fourth-order valence-electron chi connectivity index (χ4n) is 2.86. The number of guanidine groups is 1. The highest BCUT2D eigenvalue weighted by molar-refractivity contribution is 14.0. The standard InChI is InChI=1S/C22H29FN4O.HI/c1-3-25-22(26-14-16(2)18-7-5-4-6-8-18)27-15-19(21(24)28)13-17-9-11-20(23)12-10-17;/h4-12,16,19H,3,13-15H2,1-2H3,(H2,24,28)(H2,25,26,27);1H. The number of nitrogens with two attached hydrogens (primary N) is 1. The van der Waals surface area contributed by atoms with E-state index in [4.69, 9.17) is 5.73 Å². The van der Waals surface area contributed by atoms with E-state index >= 15 is 0 Å². The van der Waals surface area contributed by atoms with E-state index in [1.807, 2.05) is 25.1 Å². The number of primary amides is 1. The minimum atomic E-state index is -0.416. The highest BCUT2D eigenvalue weighted by atomic mass is 127. The van der Waals surface area contributed by atoms with Crippen LogP contribution in [0.1, 0.15) is 30.9 Å². The number of halogens is 2. The molecule has 0 fully saturated rings. The van der Waals surface area contributed by atoms with Crippen molar-refractivity contribution in [1.82, 2.24) is 10.6 Å². The predicted octanol–water partition coefficient (Wildman–Crippen LogP) is 3.45. The van der Waals surface area contributed by atoms with Crippen LogP contribution in [-0.4, -0.2) is 31.5 Å². The van der Waals surface area contributed by atoms with E-state index in [1.54, 1.807) is 12.1 Å². The number of carbonyl (C=O) groups excluding carboxylic acids is 1. The number of benzene rings is 2. The van der Waals surface area contributed by atoms with Gasteiger partial charge >= 0.3 is 0 Å². The fraction of sp³-hybridized carbons (Fsp3) is 0.364. The first-order valence-electron chi connectivity index (χ1n) is 9.60. The molecule has 0 aromatic heterocycles. The zero-order chi connectivity index (χ0) is 20.4. The Morgan fingerprint density at radius 1 is 1.10 bits per heavy atom. The summed E-state index contributed by atoms with van der Waals surface area (Å²) in [5.74, 6) is -0.184. The van der Waals surface area contributed by atoms with Crippen LogP contribution in [0, 0.1) is 11.7 Å². The van der Waals surface area contributed by atoms with Crippen LogP contribution in [0.15, 0.2) is 59.6 Å². The van der Waals surface area contributed by atoms with Gasteiger partial charge in [-0.05, 0) is 36.6 Å². The summed E-state index contributed by atoms with van der Waals surface area (Å²) in [6, 6.07) is 16.3. The number of aliphatic imine (C=N–C) groups is 1. The average molecular weight is 512 g/mol. The van der Waals surface area contributed by atoms with Gasteiger partial charge in [-0.25, -0.2) is 4.39 Å². The molecule has 158 valence electrons. The maximum Gasteiger partial charge on any atom is 0.222 e. The van der Waals surface area contributed by atoms with E-state index in [1.165, 1.54) is 17.7 Å². The van der Waals surface area contributed by atoms with Gasteiger partial charge in [0, 0.05) is 25.6 Å². The van der Waals surface area contributed by atoms with Crippen LogP contribution >= 0.6 is 24.0 Å². The molecule has 2 rings (SSSR count). The fourth-order valence-corrected chi connectivity index (χ4v) is 2.86. The van der Waals surface area contributed by atoms with Crippen molar-refractivity contribution < 1.29 is 9.18 Å². The van der Waals surface area contributed by atoms with Crippen molar-refractivity contribution in [2.24, 2.45) is 16.6 Å². The summed E-state index contributed by atoms with van der Waals surface area (Å²) in [6.07, 6.45) is 0.447. The zero-order valence-electron chi connectivity index (χ0n) is 16.9. The van der Waals surface area contributed by atoms with Gasteiger partial charge in [0.15, 0.2) is 5.96 Å². The Bertz CT molecular complexity index is 768. The molecule has 4 N–H and O–H groups in total. The molecule has 0 spiro atoms. The van der Waals surface area contributed by atoms with Crippen molar-refractivity contribution in [3.63, 3.8) is 0 Å². The van der Waals surface area contributed by atoms with E-state index in [0.29, 0.717) is 32.0 Å². The second kappa shape index (κ2) is 13.1. The lowest BCUT2D eigenvalue weighted by Gasteiger charge is -2.18. The van der Waals surface area contributed by atoms with E-state index in [2.05, 4.69) is 34.7 Å². The minimum absolute atomic E-state index is 0. The lowest BCUT2D eigenvalue weighted by molar-refractivity contribution is -0.121. The van der Waals surface area contributed by atoms with Crippen LogP contribution < -0.4 is 16.4 Å². The summed E-state index contributed by atoms with van der Waals surface area (Å²) in [4.78, 5) is 16.5. The number of rotatable bonds is 9. The molecule has 0 aliphatic heterocycles. The number of nitrogens with one attached hydrogen (secondary N) is 2. The van der Waals surface area contributed by atoms with Crippen molar-refractivity contribution in [2.45, 2.75) is 26.2 Å². The first-order chi connectivity index (χ1) is 13.5. The molecule has 0 saturated carbocycles. The molecule has 0 aliphatic rings. The zero-order valence-corrected chi connectivity index (χ0v) is 19.2. The topological polar surface area (TPSA) is 79.5 Å². The average Bonchev–Trinajstić information content (AvgIpc) is 2.70. The predicted molar refractivity (Wildman–Crippen MR) is 127 cm³/mol. The summed E-state index contributed by atoms with van der Waals surface area (Å²) >= 11 is 0. The summed E-state index contributed by atoms with van der Waals surface area (Å²) in [7, 11) is 0. The molecule has 29 heavy (non-hydrogen) atoms. The quantitative estimate of drug-likeness (QED) is 0.274. The highest BCUT2D eigenvalue weighted by Crippen LogP contribution is 2.14. The molecule has 2 aromatic rings. The molecule has 0 aliphatic carbocycles. The van der Waals surface area contributed by atoms with Crippen LogP contribution in [0.25, 0.3) is 0 Å². The monoisotopic (exact) mass is 512 g/mol. The van der Waals surface area contributed by atoms with Crippen molar-refractivity contribution in [1.29, 1.82) is 0 Å². The number of hydrogen-bond donors (Lipinski definition) is 3. The number of amides is 1. The molecule has 0 heterocycles. The molecular weight excluding hydrogens is 482 g/mol. The van der Waals surface area contributed by atoms with Gasteiger partial charge in [-0.1, -0.05) is 49.4 Å². The molecule has 0 saturated heterocycles. The third kappa shape index (κ3) is 8.81.